The van der Waals surface area contributed by atoms with E-state index in [1.165, 1.54) is 0 Å². The number of amides is 1. The average Bonchev–Trinajstić information content (AvgIpc) is 3.04. The SMILES string of the molecule is Cc1ccc(NC(=O)c2ccnc(N3CCCC3)n2)c(Br)c1. The van der Waals surface area contributed by atoms with Crippen LogP contribution in [0.5, 0.6) is 0 Å². The van der Waals surface area contributed by atoms with Crippen LogP contribution in [0.15, 0.2) is 34.9 Å². The lowest BCUT2D eigenvalue weighted by Crippen LogP contribution is -2.22. The Morgan fingerprint density at radius 2 is 2.05 bits per heavy atom. The molecule has 1 aromatic heterocycles. The third-order valence-electron chi connectivity index (χ3n) is 3.64. The minimum absolute atomic E-state index is 0.229. The Hall–Kier alpha value is -1.95. The Labute approximate surface area is 137 Å². The van der Waals surface area contributed by atoms with E-state index in [0.29, 0.717) is 11.6 Å². The van der Waals surface area contributed by atoms with E-state index in [2.05, 4.69) is 36.1 Å². The summed E-state index contributed by atoms with van der Waals surface area (Å²) in [5.74, 6) is 0.403. The van der Waals surface area contributed by atoms with Crippen molar-refractivity contribution < 1.29 is 4.79 Å². The number of halogens is 1. The first-order chi connectivity index (χ1) is 10.6. The number of aromatic nitrogens is 2. The van der Waals surface area contributed by atoms with E-state index < -0.39 is 0 Å². The number of benzene rings is 1. The largest absolute Gasteiger partial charge is 0.341 e. The summed E-state index contributed by atoms with van der Waals surface area (Å²) in [4.78, 5) is 23.1. The highest BCUT2D eigenvalue weighted by molar-refractivity contribution is 9.10. The van der Waals surface area contributed by atoms with Crippen molar-refractivity contribution in [3.63, 3.8) is 0 Å². The monoisotopic (exact) mass is 360 g/mol. The first kappa shape index (κ1) is 15.0. The highest BCUT2D eigenvalue weighted by atomic mass is 79.9. The van der Waals surface area contributed by atoms with Crippen molar-refractivity contribution in [1.82, 2.24) is 9.97 Å². The summed E-state index contributed by atoms with van der Waals surface area (Å²) in [6, 6.07) is 7.43. The van der Waals surface area contributed by atoms with E-state index in [1.54, 1.807) is 12.3 Å². The van der Waals surface area contributed by atoms with Crippen LogP contribution in [0.3, 0.4) is 0 Å². The molecule has 0 radical (unpaired) electrons. The van der Waals surface area contributed by atoms with Gasteiger partial charge in [0.2, 0.25) is 5.95 Å². The molecule has 3 rings (SSSR count). The molecule has 0 atom stereocenters. The fraction of sp³-hybridized carbons (Fsp3) is 0.312. The molecule has 1 amide bonds. The number of rotatable bonds is 3. The molecule has 2 aromatic rings. The molecule has 0 unspecified atom stereocenters. The first-order valence-corrected chi connectivity index (χ1v) is 8.08. The van der Waals surface area contributed by atoms with Crippen molar-refractivity contribution in [1.29, 1.82) is 0 Å². The summed E-state index contributed by atoms with van der Waals surface area (Å²) < 4.78 is 0.856. The minimum Gasteiger partial charge on any atom is -0.341 e. The number of carbonyl (C=O) groups is 1. The van der Waals surface area contributed by atoms with Crippen LogP contribution in [0.25, 0.3) is 0 Å². The summed E-state index contributed by atoms with van der Waals surface area (Å²) in [5, 5.41) is 2.88. The molecule has 6 heteroatoms. The van der Waals surface area contributed by atoms with Gasteiger partial charge < -0.3 is 10.2 Å². The maximum atomic E-state index is 12.4. The van der Waals surface area contributed by atoms with Crippen molar-refractivity contribution in [3.05, 3.63) is 46.2 Å². The molecule has 0 spiro atoms. The Bertz CT molecular complexity index is 698. The van der Waals surface area contributed by atoms with Gasteiger partial charge in [0, 0.05) is 23.8 Å². The molecule has 2 heterocycles. The van der Waals surface area contributed by atoms with E-state index in [1.807, 2.05) is 25.1 Å². The summed E-state index contributed by atoms with van der Waals surface area (Å²) in [5.41, 5.74) is 2.24. The third kappa shape index (κ3) is 3.27. The highest BCUT2D eigenvalue weighted by Gasteiger charge is 2.17. The van der Waals surface area contributed by atoms with Crippen LogP contribution >= 0.6 is 15.9 Å². The molecule has 1 saturated heterocycles. The second-order valence-corrected chi connectivity index (χ2v) is 6.23. The van der Waals surface area contributed by atoms with E-state index in [-0.39, 0.29) is 5.91 Å². The summed E-state index contributed by atoms with van der Waals surface area (Å²) in [6.45, 7) is 3.91. The predicted octanol–water partition coefficient (Wildman–Crippen LogP) is 3.40. The summed E-state index contributed by atoms with van der Waals surface area (Å²) >= 11 is 3.46. The molecule has 1 aromatic carbocycles. The smallest absolute Gasteiger partial charge is 0.274 e. The van der Waals surface area contributed by atoms with Crippen molar-refractivity contribution in [2.45, 2.75) is 19.8 Å². The van der Waals surface area contributed by atoms with Crippen LogP contribution < -0.4 is 10.2 Å². The normalized spacial score (nSPS) is 14.2. The van der Waals surface area contributed by atoms with Crippen LogP contribution in [0.1, 0.15) is 28.9 Å². The first-order valence-electron chi connectivity index (χ1n) is 7.29. The van der Waals surface area contributed by atoms with E-state index >= 15 is 0 Å². The van der Waals surface area contributed by atoms with Gasteiger partial charge in [-0.05, 0) is 59.5 Å². The van der Waals surface area contributed by atoms with Gasteiger partial charge in [-0.2, -0.15) is 0 Å². The molecule has 0 bridgehead atoms. The standard InChI is InChI=1S/C16H17BrN4O/c1-11-4-5-13(12(17)10-11)19-15(22)14-6-7-18-16(20-14)21-8-2-3-9-21/h4-7,10H,2-3,8-9H2,1H3,(H,19,22). The van der Waals surface area contributed by atoms with Gasteiger partial charge in [-0.15, -0.1) is 0 Å². The second kappa shape index (κ2) is 6.44. The van der Waals surface area contributed by atoms with Crippen LogP contribution in [-0.2, 0) is 0 Å². The summed E-state index contributed by atoms with van der Waals surface area (Å²) in [7, 11) is 0. The predicted molar refractivity (Wildman–Crippen MR) is 90.3 cm³/mol. The number of nitrogens with one attached hydrogen (secondary N) is 1. The number of hydrogen-bond donors (Lipinski definition) is 1. The highest BCUT2D eigenvalue weighted by Crippen LogP contribution is 2.24. The van der Waals surface area contributed by atoms with Crippen LogP contribution in [0, 0.1) is 6.92 Å². The molecule has 1 aliphatic rings. The summed E-state index contributed by atoms with van der Waals surface area (Å²) in [6.07, 6.45) is 3.94. The maximum absolute atomic E-state index is 12.4. The number of hydrogen-bond acceptors (Lipinski definition) is 4. The third-order valence-corrected chi connectivity index (χ3v) is 4.29. The van der Waals surface area contributed by atoms with Gasteiger partial charge in [0.1, 0.15) is 5.69 Å². The van der Waals surface area contributed by atoms with Crippen LogP contribution in [-0.4, -0.2) is 29.0 Å². The van der Waals surface area contributed by atoms with E-state index in [4.69, 9.17) is 0 Å². The minimum atomic E-state index is -0.229. The lowest BCUT2D eigenvalue weighted by Gasteiger charge is -2.15. The average molecular weight is 361 g/mol. The molecule has 5 nitrogen and oxygen atoms in total. The van der Waals surface area contributed by atoms with Gasteiger partial charge in [0.15, 0.2) is 0 Å². The topological polar surface area (TPSA) is 58.1 Å². The zero-order valence-electron chi connectivity index (χ0n) is 12.3. The number of carbonyl (C=O) groups excluding carboxylic acids is 1. The molecule has 1 aliphatic heterocycles. The Kier molecular flexibility index (Phi) is 4.38. The number of aryl methyl sites for hydroxylation is 1. The molecule has 1 fully saturated rings. The van der Waals surface area contributed by atoms with Crippen LogP contribution in [0.2, 0.25) is 0 Å². The number of anilines is 2. The maximum Gasteiger partial charge on any atom is 0.274 e. The Morgan fingerprint density at radius 3 is 2.77 bits per heavy atom. The van der Waals surface area contributed by atoms with Gasteiger partial charge in [-0.3, -0.25) is 4.79 Å². The molecule has 22 heavy (non-hydrogen) atoms. The zero-order chi connectivity index (χ0) is 15.5. The van der Waals surface area contributed by atoms with Gasteiger partial charge in [0.05, 0.1) is 5.69 Å². The lowest BCUT2D eigenvalue weighted by molar-refractivity contribution is 0.102. The fourth-order valence-electron chi connectivity index (χ4n) is 2.45. The van der Waals surface area contributed by atoms with Gasteiger partial charge in [-0.25, -0.2) is 9.97 Å². The molecule has 114 valence electrons. The van der Waals surface area contributed by atoms with Gasteiger partial charge in [0.25, 0.3) is 5.91 Å². The second-order valence-electron chi connectivity index (χ2n) is 5.37. The molecule has 1 N–H and O–H groups in total. The molecule has 0 saturated carbocycles. The molecular formula is C16H17BrN4O. The Balaban J connectivity index is 1.78. The molecule has 0 aliphatic carbocycles. The van der Waals surface area contributed by atoms with Crippen molar-refractivity contribution in [2.75, 3.05) is 23.3 Å². The van der Waals surface area contributed by atoms with Crippen molar-refractivity contribution in [2.24, 2.45) is 0 Å². The van der Waals surface area contributed by atoms with Gasteiger partial charge >= 0.3 is 0 Å². The Morgan fingerprint density at radius 1 is 1.27 bits per heavy atom. The van der Waals surface area contributed by atoms with E-state index in [9.17, 15) is 4.79 Å². The van der Waals surface area contributed by atoms with Crippen molar-refractivity contribution >= 4 is 33.5 Å². The van der Waals surface area contributed by atoms with E-state index in [0.717, 1.165) is 41.7 Å². The fourth-order valence-corrected chi connectivity index (χ4v) is 3.04. The quantitative estimate of drug-likeness (QED) is 0.911. The molecular weight excluding hydrogens is 344 g/mol. The van der Waals surface area contributed by atoms with Gasteiger partial charge in [-0.1, -0.05) is 6.07 Å². The van der Waals surface area contributed by atoms with Crippen LogP contribution in [0.4, 0.5) is 11.6 Å². The zero-order valence-corrected chi connectivity index (χ0v) is 13.9. The van der Waals surface area contributed by atoms with Crippen molar-refractivity contribution in [3.8, 4) is 0 Å². The number of nitrogens with zero attached hydrogens (tertiary/aromatic N) is 3. The lowest BCUT2D eigenvalue weighted by atomic mass is 10.2.